The molecule has 2 heterocycles. The summed E-state index contributed by atoms with van der Waals surface area (Å²) in [5.74, 6) is -0.545. The number of aromatic nitrogens is 2. The Morgan fingerprint density at radius 3 is 2.67 bits per heavy atom. The standard InChI is InChI=1S/C19H17FN4O3/c20-16-6-5-12(11-15(16)19(26)24-7-9-27-10-8-24)21-17-13-3-1-2-4-14(13)18(25)23-22-17/h1-6,11H,7-10H2,(H,21,22)(H,23,25). The predicted molar refractivity (Wildman–Crippen MR) is 98.8 cm³/mol. The van der Waals surface area contributed by atoms with Gasteiger partial charge in [-0.1, -0.05) is 18.2 Å². The van der Waals surface area contributed by atoms with Gasteiger partial charge < -0.3 is 15.0 Å². The summed E-state index contributed by atoms with van der Waals surface area (Å²) in [6.45, 7) is 1.75. The molecule has 138 valence electrons. The van der Waals surface area contributed by atoms with E-state index in [-0.39, 0.29) is 17.0 Å². The molecule has 0 atom stereocenters. The first kappa shape index (κ1) is 17.2. The van der Waals surface area contributed by atoms with E-state index in [1.54, 1.807) is 29.2 Å². The lowest BCUT2D eigenvalue weighted by Crippen LogP contribution is -2.41. The van der Waals surface area contributed by atoms with Crippen LogP contribution in [0, 0.1) is 5.82 Å². The lowest BCUT2D eigenvalue weighted by Gasteiger charge is -2.27. The fraction of sp³-hybridized carbons (Fsp3) is 0.211. The average molecular weight is 368 g/mol. The summed E-state index contributed by atoms with van der Waals surface area (Å²) < 4.78 is 19.5. The third kappa shape index (κ3) is 3.39. The fourth-order valence-electron chi connectivity index (χ4n) is 3.05. The van der Waals surface area contributed by atoms with Gasteiger partial charge in [0.25, 0.3) is 11.5 Å². The zero-order valence-electron chi connectivity index (χ0n) is 14.4. The van der Waals surface area contributed by atoms with Gasteiger partial charge in [0.15, 0.2) is 5.82 Å². The minimum Gasteiger partial charge on any atom is -0.378 e. The van der Waals surface area contributed by atoms with E-state index in [1.807, 2.05) is 0 Å². The minimum atomic E-state index is -0.587. The van der Waals surface area contributed by atoms with E-state index in [1.165, 1.54) is 18.2 Å². The largest absolute Gasteiger partial charge is 0.378 e. The van der Waals surface area contributed by atoms with Gasteiger partial charge in [0.2, 0.25) is 0 Å². The first-order chi connectivity index (χ1) is 13.1. The van der Waals surface area contributed by atoms with Gasteiger partial charge in [-0.3, -0.25) is 9.59 Å². The van der Waals surface area contributed by atoms with E-state index in [2.05, 4.69) is 15.5 Å². The van der Waals surface area contributed by atoms with Gasteiger partial charge in [0.1, 0.15) is 5.82 Å². The number of aromatic amines is 1. The maximum absolute atomic E-state index is 14.3. The van der Waals surface area contributed by atoms with Crippen molar-refractivity contribution in [3.05, 3.63) is 64.2 Å². The number of fused-ring (bicyclic) bond motifs is 1. The van der Waals surface area contributed by atoms with Crippen molar-refractivity contribution in [2.75, 3.05) is 31.6 Å². The first-order valence-electron chi connectivity index (χ1n) is 8.54. The normalized spacial score (nSPS) is 14.3. The van der Waals surface area contributed by atoms with Crippen molar-refractivity contribution in [1.29, 1.82) is 0 Å². The van der Waals surface area contributed by atoms with Crippen LogP contribution in [0.5, 0.6) is 0 Å². The highest BCUT2D eigenvalue weighted by molar-refractivity contribution is 5.96. The van der Waals surface area contributed by atoms with Gasteiger partial charge in [0, 0.05) is 24.2 Å². The summed E-state index contributed by atoms with van der Waals surface area (Å²) in [6.07, 6.45) is 0. The number of carbonyl (C=O) groups is 1. The quantitative estimate of drug-likeness (QED) is 0.741. The van der Waals surface area contributed by atoms with Crippen molar-refractivity contribution in [3.8, 4) is 0 Å². The topological polar surface area (TPSA) is 87.3 Å². The Bertz CT molecular complexity index is 1060. The van der Waals surface area contributed by atoms with Crippen molar-refractivity contribution in [2.45, 2.75) is 0 Å². The highest BCUT2D eigenvalue weighted by atomic mass is 19.1. The Labute approximate surface area is 153 Å². The molecule has 0 aliphatic carbocycles. The Morgan fingerprint density at radius 2 is 1.89 bits per heavy atom. The molecule has 0 bridgehead atoms. The first-order valence-corrected chi connectivity index (χ1v) is 8.54. The Hall–Kier alpha value is -3.26. The predicted octanol–water partition coefficient (Wildman–Crippen LogP) is 2.28. The molecule has 1 amide bonds. The maximum atomic E-state index is 14.3. The number of hydrogen-bond donors (Lipinski definition) is 2. The molecule has 1 saturated heterocycles. The summed E-state index contributed by atoms with van der Waals surface area (Å²) in [7, 11) is 0. The van der Waals surface area contributed by atoms with Crippen molar-refractivity contribution >= 4 is 28.2 Å². The monoisotopic (exact) mass is 368 g/mol. The molecule has 0 radical (unpaired) electrons. The Balaban J connectivity index is 1.67. The van der Waals surface area contributed by atoms with Gasteiger partial charge >= 0.3 is 0 Å². The van der Waals surface area contributed by atoms with E-state index in [0.717, 1.165) is 0 Å². The molecule has 4 rings (SSSR count). The molecule has 1 aromatic heterocycles. The van der Waals surface area contributed by atoms with E-state index in [0.29, 0.717) is 48.6 Å². The number of carbonyl (C=O) groups excluding carboxylic acids is 1. The highest BCUT2D eigenvalue weighted by Crippen LogP contribution is 2.24. The van der Waals surface area contributed by atoms with E-state index < -0.39 is 5.82 Å². The molecular formula is C19H17FN4O3. The number of rotatable bonds is 3. The Kier molecular flexibility index (Phi) is 4.55. The molecule has 3 aromatic rings. The molecule has 27 heavy (non-hydrogen) atoms. The van der Waals surface area contributed by atoms with Crippen LogP contribution in [0.25, 0.3) is 10.8 Å². The Morgan fingerprint density at radius 1 is 1.15 bits per heavy atom. The molecule has 1 fully saturated rings. The lowest BCUT2D eigenvalue weighted by molar-refractivity contribution is 0.0300. The smallest absolute Gasteiger partial charge is 0.272 e. The molecular weight excluding hydrogens is 351 g/mol. The van der Waals surface area contributed by atoms with Crippen LogP contribution in [0.2, 0.25) is 0 Å². The van der Waals surface area contributed by atoms with E-state index in [4.69, 9.17) is 4.74 Å². The van der Waals surface area contributed by atoms with Crippen molar-refractivity contribution in [3.63, 3.8) is 0 Å². The number of amides is 1. The second-order valence-electron chi connectivity index (χ2n) is 6.17. The molecule has 7 nitrogen and oxygen atoms in total. The number of benzene rings is 2. The lowest BCUT2D eigenvalue weighted by atomic mass is 10.1. The van der Waals surface area contributed by atoms with Gasteiger partial charge in [-0.2, -0.15) is 5.10 Å². The van der Waals surface area contributed by atoms with Gasteiger partial charge in [-0.15, -0.1) is 0 Å². The van der Waals surface area contributed by atoms with E-state index >= 15 is 0 Å². The summed E-state index contributed by atoms with van der Waals surface area (Å²) in [5, 5.41) is 10.6. The van der Waals surface area contributed by atoms with Gasteiger partial charge in [-0.05, 0) is 24.3 Å². The van der Waals surface area contributed by atoms with Crippen LogP contribution in [0.15, 0.2) is 47.3 Å². The third-order valence-corrected chi connectivity index (χ3v) is 4.45. The molecule has 8 heteroatoms. The number of hydrogen-bond acceptors (Lipinski definition) is 5. The number of nitrogens with one attached hydrogen (secondary N) is 2. The van der Waals surface area contributed by atoms with Crippen LogP contribution < -0.4 is 10.9 Å². The zero-order valence-corrected chi connectivity index (χ0v) is 14.4. The number of nitrogens with zero attached hydrogens (tertiary/aromatic N) is 2. The molecule has 0 saturated carbocycles. The average Bonchev–Trinajstić information content (AvgIpc) is 2.72. The molecule has 0 unspecified atom stereocenters. The SMILES string of the molecule is O=C(c1cc(Nc2n[nH]c(=O)c3ccccc23)ccc1F)N1CCOCC1. The highest BCUT2D eigenvalue weighted by Gasteiger charge is 2.22. The zero-order chi connectivity index (χ0) is 18.8. The summed E-state index contributed by atoms with van der Waals surface area (Å²) in [6, 6.07) is 11.2. The van der Waals surface area contributed by atoms with Crippen LogP contribution in [0.4, 0.5) is 15.9 Å². The van der Waals surface area contributed by atoms with Crippen LogP contribution in [0.1, 0.15) is 10.4 Å². The molecule has 2 aromatic carbocycles. The van der Waals surface area contributed by atoms with Crippen molar-refractivity contribution in [1.82, 2.24) is 15.1 Å². The van der Waals surface area contributed by atoms with Crippen LogP contribution in [-0.4, -0.2) is 47.3 Å². The van der Waals surface area contributed by atoms with E-state index in [9.17, 15) is 14.0 Å². The maximum Gasteiger partial charge on any atom is 0.272 e. The van der Waals surface area contributed by atoms with Gasteiger partial charge in [-0.25, -0.2) is 9.49 Å². The fourth-order valence-corrected chi connectivity index (χ4v) is 3.05. The molecule has 0 spiro atoms. The third-order valence-electron chi connectivity index (χ3n) is 4.45. The van der Waals surface area contributed by atoms with Crippen LogP contribution >= 0.6 is 0 Å². The molecule has 2 N–H and O–H groups in total. The van der Waals surface area contributed by atoms with Crippen LogP contribution in [0.3, 0.4) is 0 Å². The summed E-state index contributed by atoms with van der Waals surface area (Å²) >= 11 is 0. The summed E-state index contributed by atoms with van der Waals surface area (Å²) in [5.41, 5.74) is 0.187. The number of anilines is 2. The second-order valence-corrected chi connectivity index (χ2v) is 6.17. The van der Waals surface area contributed by atoms with Crippen LogP contribution in [-0.2, 0) is 4.74 Å². The van der Waals surface area contributed by atoms with Crippen molar-refractivity contribution in [2.24, 2.45) is 0 Å². The number of morpholine rings is 1. The number of ether oxygens (including phenoxy) is 1. The second kappa shape index (κ2) is 7.16. The number of H-pyrrole nitrogens is 1. The summed E-state index contributed by atoms with van der Waals surface area (Å²) in [4.78, 5) is 26.1. The molecule has 1 aliphatic heterocycles. The number of halogens is 1. The minimum absolute atomic E-state index is 0.0179. The van der Waals surface area contributed by atoms with Crippen molar-refractivity contribution < 1.29 is 13.9 Å². The van der Waals surface area contributed by atoms with Gasteiger partial charge in [0.05, 0.1) is 24.2 Å². The molecule has 1 aliphatic rings.